The Hall–Kier alpha value is -1.39. The van der Waals surface area contributed by atoms with Crippen LogP contribution in [0.2, 0.25) is 0 Å². The van der Waals surface area contributed by atoms with Crippen LogP contribution in [0.1, 0.15) is 24.0 Å². The smallest absolute Gasteiger partial charge is 0.119 e. The molecular formula is C16H21NO2S. The zero-order valence-corrected chi connectivity index (χ0v) is 12.8. The van der Waals surface area contributed by atoms with Gasteiger partial charge in [0.15, 0.2) is 0 Å². The predicted molar refractivity (Wildman–Crippen MR) is 84.1 cm³/mol. The zero-order valence-electron chi connectivity index (χ0n) is 12.0. The molecule has 0 saturated heterocycles. The molecule has 0 amide bonds. The largest absolute Gasteiger partial charge is 0.494 e. The Kier molecular flexibility index (Phi) is 6.02. The van der Waals surface area contributed by atoms with E-state index in [1.807, 2.05) is 31.2 Å². The molecule has 0 bridgehead atoms. The molecule has 1 aromatic heterocycles. The molecule has 0 aliphatic carbocycles. The Balaban J connectivity index is 1.81. The highest BCUT2D eigenvalue weighted by molar-refractivity contribution is 7.97. The van der Waals surface area contributed by atoms with Gasteiger partial charge in [0.2, 0.25) is 0 Å². The van der Waals surface area contributed by atoms with Crippen LogP contribution in [-0.4, -0.2) is 12.9 Å². The Labute approximate surface area is 124 Å². The van der Waals surface area contributed by atoms with Gasteiger partial charge in [0.05, 0.1) is 18.9 Å². The van der Waals surface area contributed by atoms with E-state index >= 15 is 0 Å². The van der Waals surface area contributed by atoms with Gasteiger partial charge in [0, 0.05) is 6.54 Å². The van der Waals surface area contributed by atoms with Crippen molar-refractivity contribution in [3.05, 3.63) is 53.5 Å². The molecule has 3 nitrogen and oxygen atoms in total. The van der Waals surface area contributed by atoms with Crippen molar-refractivity contribution in [3.8, 4) is 5.75 Å². The van der Waals surface area contributed by atoms with E-state index in [1.54, 1.807) is 11.8 Å². The highest BCUT2D eigenvalue weighted by Crippen LogP contribution is 2.15. The number of thioether (sulfide) groups is 1. The van der Waals surface area contributed by atoms with Crippen LogP contribution in [-0.2, 0) is 18.8 Å². The molecule has 0 fully saturated rings. The summed E-state index contributed by atoms with van der Waals surface area (Å²) in [4.78, 5) is 0. The van der Waals surface area contributed by atoms with Gasteiger partial charge in [-0.25, -0.2) is 0 Å². The van der Waals surface area contributed by atoms with Crippen molar-refractivity contribution in [2.24, 2.45) is 0 Å². The number of benzene rings is 1. The lowest BCUT2D eigenvalue weighted by atomic mass is 10.2. The fourth-order valence-electron chi connectivity index (χ4n) is 1.98. The van der Waals surface area contributed by atoms with Gasteiger partial charge in [-0.15, -0.1) is 0 Å². The summed E-state index contributed by atoms with van der Waals surface area (Å²) in [7, 11) is 0. The minimum atomic E-state index is 0.696. The van der Waals surface area contributed by atoms with E-state index in [-0.39, 0.29) is 0 Å². The SMILES string of the molecule is CCOc1cccc(CNCc2ccc(CSC)o2)c1. The second kappa shape index (κ2) is 8.02. The molecule has 1 heterocycles. The van der Waals surface area contributed by atoms with Crippen molar-refractivity contribution < 1.29 is 9.15 Å². The van der Waals surface area contributed by atoms with Crippen LogP contribution in [0.3, 0.4) is 0 Å². The predicted octanol–water partition coefficient (Wildman–Crippen LogP) is 3.83. The first-order valence-corrected chi connectivity index (χ1v) is 8.20. The Morgan fingerprint density at radius 2 is 2.00 bits per heavy atom. The van der Waals surface area contributed by atoms with Crippen molar-refractivity contribution in [3.63, 3.8) is 0 Å². The molecule has 0 saturated carbocycles. The van der Waals surface area contributed by atoms with Gasteiger partial charge in [-0.1, -0.05) is 12.1 Å². The van der Waals surface area contributed by atoms with Crippen molar-refractivity contribution in [1.82, 2.24) is 5.32 Å². The molecule has 1 N–H and O–H groups in total. The molecule has 20 heavy (non-hydrogen) atoms. The molecular weight excluding hydrogens is 270 g/mol. The maximum Gasteiger partial charge on any atom is 0.119 e. The average molecular weight is 291 g/mol. The standard InChI is InChI=1S/C16H21NO2S/c1-3-18-14-6-4-5-13(9-14)10-17-11-15-7-8-16(19-15)12-20-2/h4-9,17H,3,10-12H2,1-2H3. The molecule has 4 heteroatoms. The molecule has 0 spiro atoms. The van der Waals surface area contributed by atoms with Gasteiger partial charge >= 0.3 is 0 Å². The third kappa shape index (κ3) is 4.62. The Morgan fingerprint density at radius 1 is 1.15 bits per heavy atom. The highest BCUT2D eigenvalue weighted by atomic mass is 32.2. The zero-order chi connectivity index (χ0) is 14.2. The average Bonchev–Trinajstić information content (AvgIpc) is 2.88. The third-order valence-electron chi connectivity index (χ3n) is 2.84. The van der Waals surface area contributed by atoms with Gasteiger partial charge in [-0.2, -0.15) is 11.8 Å². The molecule has 0 radical (unpaired) electrons. The van der Waals surface area contributed by atoms with Crippen molar-refractivity contribution in [2.45, 2.75) is 25.8 Å². The van der Waals surface area contributed by atoms with Gasteiger partial charge in [-0.05, 0) is 43.0 Å². The lowest BCUT2D eigenvalue weighted by Crippen LogP contribution is -2.12. The molecule has 2 rings (SSSR count). The number of hydrogen-bond donors (Lipinski definition) is 1. The molecule has 1 aromatic carbocycles. The Morgan fingerprint density at radius 3 is 2.80 bits per heavy atom. The first-order valence-electron chi connectivity index (χ1n) is 6.80. The van der Waals surface area contributed by atoms with Crippen LogP contribution in [0, 0.1) is 0 Å². The second-order valence-electron chi connectivity index (χ2n) is 4.49. The van der Waals surface area contributed by atoms with Crippen LogP contribution < -0.4 is 10.1 Å². The summed E-state index contributed by atoms with van der Waals surface area (Å²) in [5, 5.41) is 3.39. The third-order valence-corrected chi connectivity index (χ3v) is 3.41. The van der Waals surface area contributed by atoms with E-state index in [2.05, 4.69) is 23.7 Å². The lowest BCUT2D eigenvalue weighted by Gasteiger charge is -2.06. The number of hydrogen-bond acceptors (Lipinski definition) is 4. The fourth-order valence-corrected chi connectivity index (χ4v) is 2.42. The number of rotatable bonds is 8. The van der Waals surface area contributed by atoms with E-state index in [0.29, 0.717) is 6.61 Å². The molecule has 108 valence electrons. The number of ether oxygens (including phenoxy) is 1. The summed E-state index contributed by atoms with van der Waals surface area (Å²) in [6.45, 7) is 4.24. The van der Waals surface area contributed by atoms with Gasteiger partial charge < -0.3 is 14.5 Å². The summed E-state index contributed by atoms with van der Waals surface area (Å²) >= 11 is 1.77. The second-order valence-corrected chi connectivity index (χ2v) is 5.35. The van der Waals surface area contributed by atoms with Crippen LogP contribution >= 0.6 is 11.8 Å². The van der Waals surface area contributed by atoms with E-state index in [9.17, 15) is 0 Å². The van der Waals surface area contributed by atoms with Crippen LogP contribution in [0.25, 0.3) is 0 Å². The quantitative estimate of drug-likeness (QED) is 0.801. The monoisotopic (exact) mass is 291 g/mol. The van der Waals surface area contributed by atoms with Crippen molar-refractivity contribution in [2.75, 3.05) is 12.9 Å². The molecule has 0 aliphatic heterocycles. The van der Waals surface area contributed by atoms with E-state index in [4.69, 9.17) is 9.15 Å². The number of nitrogens with one attached hydrogen (secondary N) is 1. The summed E-state index contributed by atoms with van der Waals surface area (Å²) in [5.41, 5.74) is 1.21. The van der Waals surface area contributed by atoms with Gasteiger partial charge in [0.1, 0.15) is 17.3 Å². The van der Waals surface area contributed by atoms with Crippen molar-refractivity contribution in [1.29, 1.82) is 0 Å². The normalized spacial score (nSPS) is 10.7. The van der Waals surface area contributed by atoms with Crippen LogP contribution in [0.5, 0.6) is 5.75 Å². The summed E-state index contributed by atoms with van der Waals surface area (Å²) in [6.07, 6.45) is 2.08. The maximum atomic E-state index is 5.72. The first-order chi connectivity index (χ1) is 9.81. The lowest BCUT2D eigenvalue weighted by molar-refractivity contribution is 0.340. The topological polar surface area (TPSA) is 34.4 Å². The van der Waals surface area contributed by atoms with Crippen LogP contribution in [0.4, 0.5) is 0 Å². The highest BCUT2D eigenvalue weighted by Gasteiger charge is 2.02. The fraction of sp³-hybridized carbons (Fsp3) is 0.375. The summed E-state index contributed by atoms with van der Waals surface area (Å²) in [6, 6.07) is 12.2. The molecule has 0 aliphatic rings. The minimum absolute atomic E-state index is 0.696. The summed E-state index contributed by atoms with van der Waals surface area (Å²) < 4.78 is 11.2. The first kappa shape index (κ1) is 15.0. The summed E-state index contributed by atoms with van der Waals surface area (Å²) in [5.74, 6) is 3.87. The molecule has 0 atom stereocenters. The van der Waals surface area contributed by atoms with E-state index in [0.717, 1.165) is 36.1 Å². The van der Waals surface area contributed by atoms with E-state index < -0.39 is 0 Å². The molecule has 0 unspecified atom stereocenters. The van der Waals surface area contributed by atoms with Crippen LogP contribution in [0.15, 0.2) is 40.8 Å². The van der Waals surface area contributed by atoms with E-state index in [1.165, 1.54) is 5.56 Å². The van der Waals surface area contributed by atoms with Crippen molar-refractivity contribution >= 4 is 11.8 Å². The van der Waals surface area contributed by atoms with Gasteiger partial charge in [0.25, 0.3) is 0 Å². The maximum absolute atomic E-state index is 5.72. The minimum Gasteiger partial charge on any atom is -0.494 e. The van der Waals surface area contributed by atoms with Gasteiger partial charge in [-0.3, -0.25) is 0 Å². The molecule has 2 aromatic rings. The Bertz CT molecular complexity index is 525. The number of furan rings is 1.